The topological polar surface area (TPSA) is 35.2 Å². The lowest BCUT2D eigenvalue weighted by molar-refractivity contribution is -1.00. The van der Waals surface area contributed by atoms with Gasteiger partial charge in [0.15, 0.2) is 6.29 Å². The zero-order chi connectivity index (χ0) is 13.5. The van der Waals surface area contributed by atoms with Crippen molar-refractivity contribution in [3.63, 3.8) is 0 Å². The zero-order valence-corrected chi connectivity index (χ0v) is 11.7. The molecule has 19 heavy (non-hydrogen) atoms. The molecular formula is C15H24N2O2+2. The summed E-state index contributed by atoms with van der Waals surface area (Å²) in [6.45, 7) is 6.91. The SMILES string of the molecule is C[NH+]1CC[NH+](CCCOc2ccccc2C=O)CC1. The summed E-state index contributed by atoms with van der Waals surface area (Å²) in [7, 11) is 2.26. The van der Waals surface area contributed by atoms with Crippen molar-refractivity contribution in [2.45, 2.75) is 6.42 Å². The molecule has 0 unspecified atom stereocenters. The molecule has 0 aliphatic carbocycles. The fourth-order valence-electron chi connectivity index (χ4n) is 2.49. The van der Waals surface area contributed by atoms with E-state index in [0.29, 0.717) is 17.9 Å². The molecule has 1 aliphatic heterocycles. The first-order valence-electron chi connectivity index (χ1n) is 7.11. The molecule has 2 rings (SSSR count). The van der Waals surface area contributed by atoms with Gasteiger partial charge in [-0.05, 0) is 12.1 Å². The van der Waals surface area contributed by atoms with Gasteiger partial charge in [0.25, 0.3) is 0 Å². The monoisotopic (exact) mass is 264 g/mol. The Morgan fingerprint density at radius 1 is 1.21 bits per heavy atom. The molecule has 1 heterocycles. The summed E-state index contributed by atoms with van der Waals surface area (Å²) in [5.74, 6) is 0.704. The van der Waals surface area contributed by atoms with E-state index in [1.54, 1.807) is 15.9 Å². The largest absolute Gasteiger partial charge is 0.493 e. The quantitative estimate of drug-likeness (QED) is 0.494. The minimum Gasteiger partial charge on any atom is -0.493 e. The van der Waals surface area contributed by atoms with Crippen molar-refractivity contribution in [3.05, 3.63) is 29.8 Å². The van der Waals surface area contributed by atoms with Gasteiger partial charge in [-0.1, -0.05) is 12.1 Å². The van der Waals surface area contributed by atoms with E-state index in [1.807, 2.05) is 18.2 Å². The summed E-state index contributed by atoms with van der Waals surface area (Å²) in [4.78, 5) is 14.2. The number of carbonyl (C=O) groups excluding carboxylic acids is 1. The molecule has 0 aromatic heterocycles. The van der Waals surface area contributed by atoms with Gasteiger partial charge < -0.3 is 14.5 Å². The molecule has 0 atom stereocenters. The summed E-state index contributed by atoms with van der Waals surface area (Å²) in [6, 6.07) is 7.40. The van der Waals surface area contributed by atoms with Crippen LogP contribution in [0.5, 0.6) is 5.75 Å². The summed E-state index contributed by atoms with van der Waals surface area (Å²) >= 11 is 0. The molecule has 104 valence electrons. The average Bonchev–Trinajstić information content (AvgIpc) is 2.46. The number of para-hydroxylation sites is 1. The highest BCUT2D eigenvalue weighted by atomic mass is 16.5. The number of ether oxygens (including phenoxy) is 1. The van der Waals surface area contributed by atoms with E-state index in [4.69, 9.17) is 4.74 Å². The third-order valence-corrected chi connectivity index (χ3v) is 3.79. The Morgan fingerprint density at radius 2 is 1.95 bits per heavy atom. The fourth-order valence-corrected chi connectivity index (χ4v) is 2.49. The molecule has 0 radical (unpaired) electrons. The Morgan fingerprint density at radius 3 is 2.68 bits per heavy atom. The predicted molar refractivity (Wildman–Crippen MR) is 74.1 cm³/mol. The summed E-state index contributed by atoms with van der Waals surface area (Å²) < 4.78 is 5.69. The van der Waals surface area contributed by atoms with Crippen molar-refractivity contribution in [2.24, 2.45) is 0 Å². The van der Waals surface area contributed by atoms with Crippen LogP contribution in [0, 0.1) is 0 Å². The molecule has 2 N–H and O–H groups in total. The Balaban J connectivity index is 1.68. The number of quaternary nitrogens is 2. The number of likely N-dealkylation sites (N-methyl/N-ethyl adjacent to an activating group) is 1. The fraction of sp³-hybridized carbons (Fsp3) is 0.533. The number of benzene rings is 1. The number of rotatable bonds is 6. The third-order valence-electron chi connectivity index (χ3n) is 3.79. The van der Waals surface area contributed by atoms with Gasteiger partial charge in [0.1, 0.15) is 31.9 Å². The molecule has 0 saturated carbocycles. The number of hydrogen-bond donors (Lipinski definition) is 2. The van der Waals surface area contributed by atoms with E-state index in [9.17, 15) is 4.79 Å². The Kier molecular flexibility index (Phi) is 5.36. The standard InChI is InChI=1S/C15H22N2O2/c1-16-8-10-17(11-9-16)7-4-12-19-15-6-3-2-5-14(15)13-18/h2-3,5-6,13H,4,7-12H2,1H3/p+2. The molecule has 1 aliphatic rings. The van der Waals surface area contributed by atoms with E-state index >= 15 is 0 Å². The first kappa shape index (κ1) is 14.0. The van der Waals surface area contributed by atoms with Crippen LogP contribution in [0.4, 0.5) is 0 Å². The molecule has 1 aromatic rings. The van der Waals surface area contributed by atoms with Crippen LogP contribution in [0.3, 0.4) is 0 Å². The summed E-state index contributed by atoms with van der Waals surface area (Å²) in [5, 5.41) is 0. The summed E-state index contributed by atoms with van der Waals surface area (Å²) in [5.41, 5.74) is 0.637. The number of carbonyl (C=O) groups is 1. The number of nitrogens with one attached hydrogen (secondary N) is 2. The maximum atomic E-state index is 10.9. The van der Waals surface area contributed by atoms with Gasteiger partial charge in [-0.3, -0.25) is 4.79 Å². The first-order valence-corrected chi connectivity index (χ1v) is 7.11. The highest BCUT2D eigenvalue weighted by molar-refractivity contribution is 5.79. The van der Waals surface area contributed by atoms with Crippen LogP contribution < -0.4 is 14.5 Å². The van der Waals surface area contributed by atoms with Crippen LogP contribution >= 0.6 is 0 Å². The molecule has 0 spiro atoms. The molecule has 1 fully saturated rings. The second kappa shape index (κ2) is 7.26. The van der Waals surface area contributed by atoms with E-state index < -0.39 is 0 Å². The summed E-state index contributed by atoms with van der Waals surface area (Å²) in [6.07, 6.45) is 1.89. The second-order valence-electron chi connectivity index (χ2n) is 5.31. The number of piperazine rings is 1. The van der Waals surface area contributed by atoms with Crippen molar-refractivity contribution in [3.8, 4) is 5.75 Å². The van der Waals surface area contributed by atoms with Gasteiger partial charge in [-0.15, -0.1) is 0 Å². The Bertz CT molecular complexity index is 401. The van der Waals surface area contributed by atoms with Crippen molar-refractivity contribution in [1.82, 2.24) is 0 Å². The lowest BCUT2D eigenvalue weighted by Crippen LogP contribution is -3.27. The number of hydrogen-bond acceptors (Lipinski definition) is 2. The van der Waals surface area contributed by atoms with Crippen molar-refractivity contribution in [2.75, 3.05) is 46.4 Å². The van der Waals surface area contributed by atoms with E-state index in [0.717, 1.165) is 19.3 Å². The van der Waals surface area contributed by atoms with Gasteiger partial charge in [0.05, 0.1) is 25.8 Å². The molecule has 0 amide bonds. The van der Waals surface area contributed by atoms with Crippen LogP contribution in [0.2, 0.25) is 0 Å². The lowest BCUT2D eigenvalue weighted by Gasteiger charge is -2.27. The van der Waals surface area contributed by atoms with Crippen molar-refractivity contribution in [1.29, 1.82) is 0 Å². The van der Waals surface area contributed by atoms with Crippen LogP contribution in [-0.4, -0.2) is 52.7 Å². The average molecular weight is 264 g/mol. The second-order valence-corrected chi connectivity index (χ2v) is 5.31. The van der Waals surface area contributed by atoms with Gasteiger partial charge in [0, 0.05) is 6.42 Å². The molecule has 0 bridgehead atoms. The van der Waals surface area contributed by atoms with Gasteiger partial charge in [0.2, 0.25) is 0 Å². The molecular weight excluding hydrogens is 240 g/mol. The molecule has 4 heteroatoms. The highest BCUT2D eigenvalue weighted by Gasteiger charge is 2.18. The Hall–Kier alpha value is -1.39. The van der Waals surface area contributed by atoms with Crippen LogP contribution in [-0.2, 0) is 0 Å². The maximum absolute atomic E-state index is 10.9. The van der Waals surface area contributed by atoms with Gasteiger partial charge in [-0.2, -0.15) is 0 Å². The zero-order valence-electron chi connectivity index (χ0n) is 11.7. The highest BCUT2D eigenvalue weighted by Crippen LogP contribution is 2.15. The first-order chi connectivity index (χ1) is 9.29. The van der Waals surface area contributed by atoms with E-state index in [2.05, 4.69) is 7.05 Å². The van der Waals surface area contributed by atoms with Crippen molar-refractivity contribution < 1.29 is 19.3 Å². The minimum atomic E-state index is 0.637. The predicted octanol–water partition coefficient (Wildman–Crippen LogP) is -1.32. The molecule has 1 saturated heterocycles. The minimum absolute atomic E-state index is 0.637. The lowest BCUT2D eigenvalue weighted by atomic mass is 10.2. The van der Waals surface area contributed by atoms with Crippen LogP contribution in [0.1, 0.15) is 16.8 Å². The smallest absolute Gasteiger partial charge is 0.153 e. The normalized spacial score (nSPS) is 23.0. The van der Waals surface area contributed by atoms with Crippen LogP contribution in [0.15, 0.2) is 24.3 Å². The molecule has 1 aromatic carbocycles. The van der Waals surface area contributed by atoms with Crippen LogP contribution in [0.25, 0.3) is 0 Å². The van der Waals surface area contributed by atoms with E-state index in [-0.39, 0.29) is 0 Å². The van der Waals surface area contributed by atoms with Gasteiger partial charge in [-0.25, -0.2) is 0 Å². The maximum Gasteiger partial charge on any atom is 0.153 e. The Labute approximate surface area is 115 Å². The van der Waals surface area contributed by atoms with Gasteiger partial charge >= 0.3 is 0 Å². The van der Waals surface area contributed by atoms with E-state index in [1.165, 1.54) is 26.2 Å². The molecule has 4 nitrogen and oxygen atoms in total. The van der Waals surface area contributed by atoms with Crippen molar-refractivity contribution >= 4 is 6.29 Å². The third kappa shape index (κ3) is 4.33. The number of aldehydes is 1.